The number of rotatable bonds is 2. The number of nitrogens with zero attached hydrogens (tertiary/aromatic N) is 1. The topological polar surface area (TPSA) is 55.7 Å². The molecule has 0 radical (unpaired) electrons. The molecule has 1 atom stereocenters. The van der Waals surface area contributed by atoms with Crippen LogP contribution in [0.15, 0.2) is 35.1 Å². The standard InChI is InChI=1S/C11H17BN2O2/c1-7(2)10-6-11-9(12(15)16)5-4-8(3)14(11)13-10/h4-7,10,13,15-16H,1-3H3. The van der Waals surface area contributed by atoms with Gasteiger partial charge < -0.3 is 10.0 Å². The van der Waals surface area contributed by atoms with E-state index in [2.05, 4.69) is 19.3 Å². The Labute approximate surface area is 96.1 Å². The van der Waals surface area contributed by atoms with Gasteiger partial charge in [0.05, 0.1) is 5.70 Å². The van der Waals surface area contributed by atoms with Gasteiger partial charge in [-0.3, -0.25) is 5.01 Å². The normalized spacial score (nSPS) is 24.0. The van der Waals surface area contributed by atoms with Crippen molar-refractivity contribution in [1.82, 2.24) is 10.4 Å². The summed E-state index contributed by atoms with van der Waals surface area (Å²) >= 11 is 0. The van der Waals surface area contributed by atoms with E-state index >= 15 is 0 Å². The van der Waals surface area contributed by atoms with Crippen LogP contribution < -0.4 is 5.43 Å². The molecular formula is C11H17BN2O2. The molecule has 0 aromatic carbocycles. The van der Waals surface area contributed by atoms with Crippen LogP contribution in [0.4, 0.5) is 0 Å². The van der Waals surface area contributed by atoms with Crippen LogP contribution in [0.2, 0.25) is 0 Å². The number of hydrogen-bond donors (Lipinski definition) is 3. The van der Waals surface area contributed by atoms with Crippen molar-refractivity contribution < 1.29 is 10.0 Å². The van der Waals surface area contributed by atoms with E-state index in [1.807, 2.05) is 24.1 Å². The van der Waals surface area contributed by atoms with Gasteiger partial charge in [-0.1, -0.05) is 19.9 Å². The van der Waals surface area contributed by atoms with Gasteiger partial charge in [-0.25, -0.2) is 5.43 Å². The molecule has 0 spiro atoms. The van der Waals surface area contributed by atoms with E-state index in [1.165, 1.54) is 0 Å². The lowest BCUT2D eigenvalue weighted by atomic mass is 9.75. The number of allylic oxidation sites excluding steroid dienone is 4. The van der Waals surface area contributed by atoms with Crippen molar-refractivity contribution in [1.29, 1.82) is 0 Å². The number of fused-ring (bicyclic) bond motifs is 1. The SMILES string of the molecule is CC1=CC=C(B(O)O)C2=CC(C(C)C)NN12. The van der Waals surface area contributed by atoms with E-state index in [0.29, 0.717) is 11.4 Å². The fourth-order valence-corrected chi connectivity index (χ4v) is 1.95. The molecule has 0 aliphatic carbocycles. The van der Waals surface area contributed by atoms with E-state index in [0.717, 1.165) is 11.4 Å². The Morgan fingerprint density at radius 3 is 2.62 bits per heavy atom. The quantitative estimate of drug-likeness (QED) is 0.595. The molecule has 1 unspecified atom stereocenters. The van der Waals surface area contributed by atoms with Crippen molar-refractivity contribution in [3.8, 4) is 0 Å². The summed E-state index contributed by atoms with van der Waals surface area (Å²) in [6.07, 6.45) is 5.68. The van der Waals surface area contributed by atoms with Gasteiger partial charge in [0.2, 0.25) is 0 Å². The summed E-state index contributed by atoms with van der Waals surface area (Å²) in [6.45, 7) is 6.25. The first-order valence-corrected chi connectivity index (χ1v) is 5.54. The molecule has 3 N–H and O–H groups in total. The lowest BCUT2D eigenvalue weighted by Gasteiger charge is -2.29. The fourth-order valence-electron chi connectivity index (χ4n) is 1.95. The monoisotopic (exact) mass is 220 g/mol. The molecule has 2 heterocycles. The van der Waals surface area contributed by atoms with Crippen LogP contribution in [-0.4, -0.2) is 28.2 Å². The summed E-state index contributed by atoms with van der Waals surface area (Å²) < 4.78 is 0. The molecule has 4 nitrogen and oxygen atoms in total. The largest absolute Gasteiger partial charge is 0.490 e. The summed E-state index contributed by atoms with van der Waals surface area (Å²) in [4.78, 5) is 0. The Morgan fingerprint density at radius 2 is 2.06 bits per heavy atom. The third kappa shape index (κ3) is 1.82. The average molecular weight is 220 g/mol. The zero-order valence-corrected chi connectivity index (χ0v) is 9.81. The van der Waals surface area contributed by atoms with E-state index in [4.69, 9.17) is 0 Å². The Bertz CT molecular complexity index is 385. The van der Waals surface area contributed by atoms with Crippen LogP contribution in [0.3, 0.4) is 0 Å². The lowest BCUT2D eigenvalue weighted by molar-refractivity contribution is 0.288. The maximum Gasteiger partial charge on any atom is 0.490 e. The Hall–Kier alpha value is -1.04. The van der Waals surface area contributed by atoms with Crippen LogP contribution in [0.5, 0.6) is 0 Å². The van der Waals surface area contributed by atoms with Gasteiger partial charge in [0.1, 0.15) is 0 Å². The Balaban J connectivity index is 2.34. The summed E-state index contributed by atoms with van der Waals surface area (Å²) in [7, 11) is -1.43. The Morgan fingerprint density at radius 1 is 1.38 bits per heavy atom. The minimum atomic E-state index is -1.43. The predicted molar refractivity (Wildman–Crippen MR) is 63.7 cm³/mol. The molecule has 0 saturated carbocycles. The van der Waals surface area contributed by atoms with Crippen LogP contribution in [0.25, 0.3) is 0 Å². The number of hydrazine groups is 1. The molecule has 2 rings (SSSR count). The van der Waals surface area contributed by atoms with E-state index < -0.39 is 7.12 Å². The van der Waals surface area contributed by atoms with E-state index in [1.54, 1.807) is 6.08 Å². The smallest absolute Gasteiger partial charge is 0.423 e. The molecule has 2 aliphatic heterocycles. The molecule has 0 amide bonds. The van der Waals surface area contributed by atoms with Gasteiger partial charge in [-0.2, -0.15) is 0 Å². The highest BCUT2D eigenvalue weighted by molar-refractivity contribution is 6.52. The van der Waals surface area contributed by atoms with Gasteiger partial charge in [0, 0.05) is 17.2 Å². The molecule has 0 aromatic rings. The van der Waals surface area contributed by atoms with Crippen LogP contribution in [-0.2, 0) is 0 Å². The maximum atomic E-state index is 9.30. The van der Waals surface area contributed by atoms with Crippen molar-refractivity contribution in [3.63, 3.8) is 0 Å². The van der Waals surface area contributed by atoms with Gasteiger partial charge in [0.25, 0.3) is 0 Å². The molecule has 86 valence electrons. The van der Waals surface area contributed by atoms with Gasteiger partial charge in [-0.15, -0.1) is 0 Å². The molecular weight excluding hydrogens is 203 g/mol. The summed E-state index contributed by atoms with van der Waals surface area (Å²) in [5.41, 5.74) is 5.79. The first-order valence-electron chi connectivity index (χ1n) is 5.54. The highest BCUT2D eigenvalue weighted by Gasteiger charge is 2.33. The van der Waals surface area contributed by atoms with Crippen molar-refractivity contribution >= 4 is 7.12 Å². The highest BCUT2D eigenvalue weighted by atomic mass is 16.4. The van der Waals surface area contributed by atoms with Crippen molar-refractivity contribution in [2.75, 3.05) is 0 Å². The molecule has 0 aromatic heterocycles. The molecule has 16 heavy (non-hydrogen) atoms. The minimum Gasteiger partial charge on any atom is -0.423 e. The summed E-state index contributed by atoms with van der Waals surface area (Å²) in [6, 6.07) is 0.235. The van der Waals surface area contributed by atoms with Crippen molar-refractivity contribution in [2.45, 2.75) is 26.8 Å². The van der Waals surface area contributed by atoms with Gasteiger partial charge in [-0.05, 0) is 25.0 Å². The van der Waals surface area contributed by atoms with E-state index in [-0.39, 0.29) is 6.04 Å². The summed E-state index contributed by atoms with van der Waals surface area (Å²) in [5, 5.41) is 20.5. The number of hydrogen-bond acceptors (Lipinski definition) is 4. The summed E-state index contributed by atoms with van der Waals surface area (Å²) in [5.74, 6) is 0.461. The molecule has 0 fully saturated rings. The van der Waals surface area contributed by atoms with Crippen LogP contribution in [0.1, 0.15) is 20.8 Å². The Kier molecular flexibility index (Phi) is 2.92. The zero-order chi connectivity index (χ0) is 11.9. The highest BCUT2D eigenvalue weighted by Crippen LogP contribution is 2.30. The molecule has 0 saturated heterocycles. The van der Waals surface area contributed by atoms with Gasteiger partial charge >= 0.3 is 7.12 Å². The fraction of sp³-hybridized carbons (Fsp3) is 0.455. The number of nitrogens with one attached hydrogen (secondary N) is 1. The van der Waals surface area contributed by atoms with Crippen molar-refractivity contribution in [3.05, 3.63) is 35.1 Å². The lowest BCUT2D eigenvalue weighted by Crippen LogP contribution is -2.40. The van der Waals surface area contributed by atoms with Crippen LogP contribution >= 0.6 is 0 Å². The first-order chi connectivity index (χ1) is 7.50. The second kappa shape index (κ2) is 4.09. The molecule has 2 aliphatic rings. The van der Waals surface area contributed by atoms with Gasteiger partial charge in [0.15, 0.2) is 0 Å². The second-order valence-corrected chi connectivity index (χ2v) is 4.59. The predicted octanol–water partition coefficient (Wildman–Crippen LogP) is 0.571. The van der Waals surface area contributed by atoms with Crippen molar-refractivity contribution in [2.24, 2.45) is 5.92 Å². The van der Waals surface area contributed by atoms with Crippen LogP contribution in [0, 0.1) is 5.92 Å². The minimum absolute atomic E-state index is 0.235. The first kappa shape index (κ1) is 11.5. The third-order valence-electron chi connectivity index (χ3n) is 3.01. The second-order valence-electron chi connectivity index (χ2n) is 4.59. The zero-order valence-electron chi connectivity index (χ0n) is 9.81. The third-order valence-corrected chi connectivity index (χ3v) is 3.01. The average Bonchev–Trinajstić information content (AvgIpc) is 2.62. The molecule has 5 heteroatoms. The van der Waals surface area contributed by atoms with E-state index in [9.17, 15) is 10.0 Å². The maximum absolute atomic E-state index is 9.30. The molecule has 0 bridgehead atoms.